The summed E-state index contributed by atoms with van der Waals surface area (Å²) in [6.07, 6.45) is 3.26. The van der Waals surface area contributed by atoms with Crippen LogP contribution in [-0.2, 0) is 11.3 Å². The van der Waals surface area contributed by atoms with E-state index in [1.807, 2.05) is 30.3 Å². The van der Waals surface area contributed by atoms with Gasteiger partial charge in [-0.2, -0.15) is 0 Å². The molecule has 0 unspecified atom stereocenters. The van der Waals surface area contributed by atoms with E-state index in [9.17, 15) is 9.59 Å². The van der Waals surface area contributed by atoms with E-state index < -0.39 is 5.91 Å². The lowest BCUT2D eigenvalue weighted by Crippen LogP contribution is -2.25. The summed E-state index contributed by atoms with van der Waals surface area (Å²) in [5.41, 5.74) is 7.20. The number of benzene rings is 1. The van der Waals surface area contributed by atoms with Crippen LogP contribution in [0.2, 0.25) is 0 Å². The molecule has 0 radical (unpaired) electrons. The van der Waals surface area contributed by atoms with Gasteiger partial charge in [0, 0.05) is 31.9 Å². The summed E-state index contributed by atoms with van der Waals surface area (Å²) in [6, 6.07) is 11.3. The van der Waals surface area contributed by atoms with Gasteiger partial charge in [0.1, 0.15) is 0 Å². The summed E-state index contributed by atoms with van der Waals surface area (Å²) >= 11 is 0. The van der Waals surface area contributed by atoms with Crippen LogP contribution in [-0.4, -0.2) is 23.3 Å². The molecule has 114 valence electrons. The first-order valence-electron chi connectivity index (χ1n) is 6.95. The third kappa shape index (κ3) is 4.59. The zero-order chi connectivity index (χ0) is 15.8. The number of nitrogens with zero attached hydrogens (tertiary/aromatic N) is 1. The zero-order valence-electron chi connectivity index (χ0n) is 12.1. The minimum Gasteiger partial charge on any atom is -0.384 e. The van der Waals surface area contributed by atoms with E-state index >= 15 is 0 Å². The molecule has 0 saturated carbocycles. The van der Waals surface area contributed by atoms with Crippen molar-refractivity contribution in [3.8, 4) is 0 Å². The monoisotopic (exact) mass is 298 g/mol. The van der Waals surface area contributed by atoms with Crippen molar-refractivity contribution in [3.05, 3.63) is 59.9 Å². The molecule has 0 aliphatic heterocycles. The molecule has 2 rings (SSSR count). The highest BCUT2D eigenvalue weighted by Gasteiger charge is 2.08. The third-order valence-electron chi connectivity index (χ3n) is 3.09. The lowest BCUT2D eigenvalue weighted by Gasteiger charge is -2.09. The van der Waals surface area contributed by atoms with E-state index in [2.05, 4.69) is 15.6 Å². The number of carbonyl (C=O) groups excluding carboxylic acids is 2. The number of nitrogens with two attached hydrogens (primary N) is 1. The Morgan fingerprint density at radius 2 is 1.91 bits per heavy atom. The zero-order valence-corrected chi connectivity index (χ0v) is 12.1. The van der Waals surface area contributed by atoms with Crippen LogP contribution in [0.15, 0.2) is 48.8 Å². The molecule has 1 aromatic carbocycles. The summed E-state index contributed by atoms with van der Waals surface area (Å²) < 4.78 is 0. The van der Waals surface area contributed by atoms with Crippen molar-refractivity contribution < 1.29 is 9.59 Å². The first-order valence-corrected chi connectivity index (χ1v) is 6.95. The second-order valence-electron chi connectivity index (χ2n) is 4.72. The molecular weight excluding hydrogens is 280 g/mol. The number of amides is 2. The van der Waals surface area contributed by atoms with E-state index in [0.717, 1.165) is 5.56 Å². The van der Waals surface area contributed by atoms with Crippen molar-refractivity contribution in [2.75, 3.05) is 11.9 Å². The summed E-state index contributed by atoms with van der Waals surface area (Å²) in [4.78, 5) is 26.9. The van der Waals surface area contributed by atoms with Crippen LogP contribution in [0, 0.1) is 0 Å². The standard InChI is InChI=1S/C16H18N4O2/c17-16(22)13-11-18-8-6-14(13)19-9-7-15(21)20-10-12-4-2-1-3-5-12/h1-6,8,11H,7,9-10H2,(H2,17,22)(H,18,19)(H,20,21). The number of aromatic nitrogens is 1. The van der Waals surface area contributed by atoms with Crippen LogP contribution in [0.5, 0.6) is 0 Å². The number of hydrogen-bond acceptors (Lipinski definition) is 4. The van der Waals surface area contributed by atoms with E-state index in [1.165, 1.54) is 6.20 Å². The van der Waals surface area contributed by atoms with Gasteiger partial charge in [-0.15, -0.1) is 0 Å². The predicted molar refractivity (Wildman–Crippen MR) is 84.2 cm³/mol. The molecule has 0 aliphatic rings. The molecule has 22 heavy (non-hydrogen) atoms. The maximum atomic E-state index is 11.8. The highest BCUT2D eigenvalue weighted by molar-refractivity contribution is 5.98. The second kappa shape index (κ2) is 7.78. The molecule has 4 N–H and O–H groups in total. The Bertz CT molecular complexity index is 644. The molecule has 2 aromatic rings. The fraction of sp³-hybridized carbons (Fsp3) is 0.188. The Kier molecular flexibility index (Phi) is 5.48. The minimum absolute atomic E-state index is 0.0639. The van der Waals surface area contributed by atoms with Crippen molar-refractivity contribution >= 4 is 17.5 Å². The molecule has 0 saturated heterocycles. The number of hydrogen-bond donors (Lipinski definition) is 3. The van der Waals surface area contributed by atoms with Crippen LogP contribution in [0.1, 0.15) is 22.3 Å². The van der Waals surface area contributed by atoms with Crippen molar-refractivity contribution in [1.29, 1.82) is 0 Å². The molecule has 0 atom stereocenters. The fourth-order valence-corrected chi connectivity index (χ4v) is 1.94. The van der Waals surface area contributed by atoms with Gasteiger partial charge in [-0.1, -0.05) is 30.3 Å². The molecule has 0 spiro atoms. The largest absolute Gasteiger partial charge is 0.384 e. The van der Waals surface area contributed by atoms with Crippen LogP contribution in [0.25, 0.3) is 0 Å². The Labute approximate surface area is 128 Å². The Hall–Kier alpha value is -2.89. The van der Waals surface area contributed by atoms with Crippen molar-refractivity contribution in [2.24, 2.45) is 5.73 Å². The summed E-state index contributed by atoms with van der Waals surface area (Å²) in [7, 11) is 0. The average molecular weight is 298 g/mol. The van der Waals surface area contributed by atoms with Crippen LogP contribution < -0.4 is 16.4 Å². The Morgan fingerprint density at radius 3 is 2.64 bits per heavy atom. The van der Waals surface area contributed by atoms with Crippen LogP contribution in [0.4, 0.5) is 5.69 Å². The van der Waals surface area contributed by atoms with Crippen molar-refractivity contribution in [3.63, 3.8) is 0 Å². The number of primary amides is 1. The topological polar surface area (TPSA) is 97.1 Å². The van der Waals surface area contributed by atoms with Gasteiger partial charge in [-0.05, 0) is 11.6 Å². The normalized spacial score (nSPS) is 10.0. The summed E-state index contributed by atoms with van der Waals surface area (Å²) in [6.45, 7) is 0.909. The first kappa shape index (κ1) is 15.5. The number of pyridine rings is 1. The third-order valence-corrected chi connectivity index (χ3v) is 3.09. The molecule has 0 aliphatic carbocycles. The number of anilines is 1. The van der Waals surface area contributed by atoms with Gasteiger partial charge in [-0.3, -0.25) is 14.6 Å². The van der Waals surface area contributed by atoms with Gasteiger partial charge < -0.3 is 16.4 Å². The SMILES string of the molecule is NC(=O)c1cnccc1NCCC(=O)NCc1ccccc1. The van der Waals surface area contributed by atoms with Crippen LogP contribution in [0.3, 0.4) is 0 Å². The average Bonchev–Trinajstić information content (AvgIpc) is 2.54. The highest BCUT2D eigenvalue weighted by atomic mass is 16.2. The van der Waals surface area contributed by atoms with Crippen molar-refractivity contribution in [1.82, 2.24) is 10.3 Å². The number of rotatable bonds is 7. The quantitative estimate of drug-likeness (QED) is 0.717. The Balaban J connectivity index is 1.77. The van der Waals surface area contributed by atoms with E-state index in [-0.39, 0.29) is 5.91 Å². The lowest BCUT2D eigenvalue weighted by molar-refractivity contribution is -0.121. The lowest BCUT2D eigenvalue weighted by atomic mass is 10.2. The predicted octanol–water partition coefficient (Wildman–Crippen LogP) is 1.30. The van der Waals surface area contributed by atoms with Crippen molar-refractivity contribution in [2.45, 2.75) is 13.0 Å². The first-order chi connectivity index (χ1) is 10.7. The van der Waals surface area contributed by atoms with Gasteiger partial charge in [0.2, 0.25) is 5.91 Å². The van der Waals surface area contributed by atoms with Gasteiger partial charge >= 0.3 is 0 Å². The summed E-state index contributed by atoms with van der Waals surface area (Å²) in [5, 5.41) is 5.86. The van der Waals surface area contributed by atoms with E-state index in [0.29, 0.717) is 30.8 Å². The molecule has 0 bridgehead atoms. The molecule has 6 nitrogen and oxygen atoms in total. The van der Waals surface area contributed by atoms with Gasteiger partial charge in [0.25, 0.3) is 5.91 Å². The summed E-state index contributed by atoms with van der Waals surface area (Å²) in [5.74, 6) is -0.616. The minimum atomic E-state index is -0.552. The maximum Gasteiger partial charge on any atom is 0.252 e. The molecule has 6 heteroatoms. The smallest absolute Gasteiger partial charge is 0.252 e. The van der Waals surface area contributed by atoms with E-state index in [1.54, 1.807) is 12.3 Å². The number of carbonyl (C=O) groups is 2. The maximum absolute atomic E-state index is 11.8. The van der Waals surface area contributed by atoms with Gasteiger partial charge in [0.05, 0.1) is 11.3 Å². The van der Waals surface area contributed by atoms with Gasteiger partial charge in [0.15, 0.2) is 0 Å². The fourth-order valence-electron chi connectivity index (χ4n) is 1.94. The van der Waals surface area contributed by atoms with Crippen LogP contribution >= 0.6 is 0 Å². The van der Waals surface area contributed by atoms with E-state index in [4.69, 9.17) is 5.73 Å². The molecular formula is C16H18N4O2. The molecule has 0 fully saturated rings. The molecule has 1 heterocycles. The Morgan fingerprint density at radius 1 is 1.14 bits per heavy atom. The second-order valence-corrected chi connectivity index (χ2v) is 4.72. The molecule has 1 aromatic heterocycles. The molecule has 2 amide bonds. The van der Waals surface area contributed by atoms with Gasteiger partial charge in [-0.25, -0.2) is 0 Å². The number of nitrogens with one attached hydrogen (secondary N) is 2. The highest BCUT2D eigenvalue weighted by Crippen LogP contribution is 2.12.